The van der Waals surface area contributed by atoms with Crippen molar-refractivity contribution in [2.24, 2.45) is 0 Å². The summed E-state index contributed by atoms with van der Waals surface area (Å²) < 4.78 is 5.69. The van der Waals surface area contributed by atoms with E-state index in [1.54, 1.807) is 0 Å². The van der Waals surface area contributed by atoms with Crippen LogP contribution in [0.15, 0.2) is 30.3 Å². The highest BCUT2D eigenvalue weighted by Crippen LogP contribution is 2.11. The van der Waals surface area contributed by atoms with Crippen molar-refractivity contribution >= 4 is 0 Å². The Labute approximate surface area is 117 Å². The van der Waals surface area contributed by atoms with E-state index in [-0.39, 0.29) is 6.61 Å². The average molecular weight is 265 g/mol. The normalized spacial score (nSPS) is 11.2. The van der Waals surface area contributed by atoms with Gasteiger partial charge in [0.2, 0.25) is 0 Å². The molecule has 3 heteroatoms. The Bertz CT molecular complexity index is 312. The molecule has 0 heterocycles. The van der Waals surface area contributed by atoms with Crippen LogP contribution in [0.2, 0.25) is 0 Å². The second-order valence-electron chi connectivity index (χ2n) is 4.74. The summed E-state index contributed by atoms with van der Waals surface area (Å²) in [7, 11) is 0. The van der Waals surface area contributed by atoms with Gasteiger partial charge in [-0.15, -0.1) is 0 Å². The first kappa shape index (κ1) is 16.0. The molecule has 0 aromatic heterocycles. The number of nitrogens with zero attached hydrogens (tertiary/aromatic N) is 1. The largest absolute Gasteiger partial charge is 0.494 e. The number of aliphatic hydroxyl groups excluding tert-OH is 1. The molecule has 1 rings (SSSR count). The van der Waals surface area contributed by atoms with E-state index >= 15 is 0 Å². The molecule has 19 heavy (non-hydrogen) atoms. The van der Waals surface area contributed by atoms with Crippen LogP contribution in [0.4, 0.5) is 0 Å². The van der Waals surface area contributed by atoms with Crippen molar-refractivity contribution in [1.29, 1.82) is 0 Å². The third kappa shape index (κ3) is 6.08. The smallest absolute Gasteiger partial charge is 0.119 e. The average Bonchev–Trinajstić information content (AvgIpc) is 2.46. The molecule has 0 radical (unpaired) electrons. The molecule has 0 bridgehead atoms. The van der Waals surface area contributed by atoms with Crippen LogP contribution < -0.4 is 4.74 Å². The summed E-state index contributed by atoms with van der Waals surface area (Å²) in [6.07, 6.45) is 3.26. The van der Waals surface area contributed by atoms with Gasteiger partial charge in [-0.3, -0.25) is 4.90 Å². The minimum Gasteiger partial charge on any atom is -0.494 e. The summed E-state index contributed by atoms with van der Waals surface area (Å²) in [5.41, 5.74) is 0. The molecular formula is C16H27NO2. The standard InChI is InChI=1S/C16H27NO2/c1-3-15(4-2)17(12-13-18)11-8-14-19-16-9-6-5-7-10-16/h5-7,9-10,15,18H,3-4,8,11-14H2,1-2H3. The molecule has 1 aromatic carbocycles. The third-order valence-corrected chi connectivity index (χ3v) is 3.45. The van der Waals surface area contributed by atoms with Gasteiger partial charge in [-0.1, -0.05) is 32.0 Å². The minimum absolute atomic E-state index is 0.232. The summed E-state index contributed by atoms with van der Waals surface area (Å²) in [4.78, 5) is 2.37. The van der Waals surface area contributed by atoms with Gasteiger partial charge in [0.25, 0.3) is 0 Å². The highest BCUT2D eigenvalue weighted by molar-refractivity contribution is 5.20. The van der Waals surface area contributed by atoms with E-state index in [1.165, 1.54) is 0 Å². The summed E-state index contributed by atoms with van der Waals surface area (Å²) in [6, 6.07) is 10.5. The van der Waals surface area contributed by atoms with Crippen molar-refractivity contribution in [3.05, 3.63) is 30.3 Å². The number of para-hydroxylation sites is 1. The van der Waals surface area contributed by atoms with Crippen molar-refractivity contribution < 1.29 is 9.84 Å². The van der Waals surface area contributed by atoms with E-state index in [9.17, 15) is 0 Å². The van der Waals surface area contributed by atoms with E-state index in [0.29, 0.717) is 6.04 Å². The van der Waals surface area contributed by atoms with Crippen LogP contribution in [0.25, 0.3) is 0 Å². The lowest BCUT2D eigenvalue weighted by Crippen LogP contribution is -2.37. The van der Waals surface area contributed by atoms with Crippen LogP contribution in [0.1, 0.15) is 33.1 Å². The fourth-order valence-corrected chi connectivity index (χ4v) is 2.38. The summed E-state index contributed by atoms with van der Waals surface area (Å²) in [6.45, 7) is 7.12. The molecule has 1 aromatic rings. The number of hydrogen-bond donors (Lipinski definition) is 1. The van der Waals surface area contributed by atoms with Crippen molar-refractivity contribution in [1.82, 2.24) is 4.90 Å². The van der Waals surface area contributed by atoms with Crippen LogP contribution >= 0.6 is 0 Å². The summed E-state index contributed by atoms with van der Waals surface area (Å²) in [5, 5.41) is 9.14. The highest BCUT2D eigenvalue weighted by atomic mass is 16.5. The van der Waals surface area contributed by atoms with Crippen molar-refractivity contribution in [3.63, 3.8) is 0 Å². The van der Waals surface area contributed by atoms with Crippen molar-refractivity contribution in [3.8, 4) is 5.75 Å². The predicted molar refractivity (Wildman–Crippen MR) is 79.6 cm³/mol. The zero-order valence-electron chi connectivity index (χ0n) is 12.2. The van der Waals surface area contributed by atoms with E-state index in [2.05, 4.69) is 18.7 Å². The van der Waals surface area contributed by atoms with E-state index < -0.39 is 0 Å². The second-order valence-corrected chi connectivity index (χ2v) is 4.74. The minimum atomic E-state index is 0.232. The molecule has 0 aliphatic carbocycles. The quantitative estimate of drug-likeness (QED) is 0.660. The summed E-state index contributed by atoms with van der Waals surface area (Å²) >= 11 is 0. The van der Waals surface area contributed by atoms with Gasteiger partial charge >= 0.3 is 0 Å². The Morgan fingerprint density at radius 2 is 1.79 bits per heavy atom. The zero-order valence-corrected chi connectivity index (χ0v) is 12.2. The first-order chi connectivity index (χ1) is 9.31. The SMILES string of the molecule is CCC(CC)N(CCO)CCCOc1ccccc1. The maximum absolute atomic E-state index is 9.14. The van der Waals surface area contributed by atoms with Gasteiger partial charge in [0.05, 0.1) is 13.2 Å². The van der Waals surface area contributed by atoms with Crippen LogP contribution in [-0.2, 0) is 0 Å². The van der Waals surface area contributed by atoms with Gasteiger partial charge in [0, 0.05) is 19.1 Å². The molecule has 0 aliphatic rings. The maximum atomic E-state index is 9.14. The van der Waals surface area contributed by atoms with Gasteiger partial charge in [-0.05, 0) is 31.4 Å². The molecule has 1 N–H and O–H groups in total. The first-order valence-corrected chi connectivity index (χ1v) is 7.34. The van der Waals surface area contributed by atoms with E-state index in [4.69, 9.17) is 9.84 Å². The second kappa shape index (κ2) is 9.82. The monoisotopic (exact) mass is 265 g/mol. The molecular weight excluding hydrogens is 238 g/mol. The molecule has 0 saturated heterocycles. The lowest BCUT2D eigenvalue weighted by atomic mass is 10.1. The Morgan fingerprint density at radius 3 is 2.37 bits per heavy atom. The van der Waals surface area contributed by atoms with Gasteiger partial charge in [0.15, 0.2) is 0 Å². The van der Waals surface area contributed by atoms with Crippen molar-refractivity contribution in [2.75, 3.05) is 26.3 Å². The van der Waals surface area contributed by atoms with Gasteiger partial charge in [-0.25, -0.2) is 0 Å². The van der Waals surface area contributed by atoms with Crippen LogP contribution in [-0.4, -0.2) is 42.4 Å². The first-order valence-electron chi connectivity index (χ1n) is 7.34. The van der Waals surface area contributed by atoms with E-state index in [0.717, 1.165) is 44.7 Å². The van der Waals surface area contributed by atoms with Gasteiger partial charge in [0.1, 0.15) is 5.75 Å². The van der Waals surface area contributed by atoms with Gasteiger partial charge < -0.3 is 9.84 Å². The van der Waals surface area contributed by atoms with E-state index in [1.807, 2.05) is 30.3 Å². The fourth-order valence-electron chi connectivity index (χ4n) is 2.38. The number of rotatable bonds is 10. The molecule has 0 saturated carbocycles. The molecule has 3 nitrogen and oxygen atoms in total. The molecule has 0 unspecified atom stereocenters. The maximum Gasteiger partial charge on any atom is 0.119 e. The Kier molecular flexibility index (Phi) is 8.26. The van der Waals surface area contributed by atoms with Crippen LogP contribution in [0.3, 0.4) is 0 Å². The third-order valence-electron chi connectivity index (χ3n) is 3.45. The molecule has 0 atom stereocenters. The molecule has 0 amide bonds. The molecule has 0 spiro atoms. The lowest BCUT2D eigenvalue weighted by Gasteiger charge is -2.29. The Balaban J connectivity index is 2.28. The Hall–Kier alpha value is -1.06. The van der Waals surface area contributed by atoms with Crippen LogP contribution in [0.5, 0.6) is 5.75 Å². The Morgan fingerprint density at radius 1 is 1.11 bits per heavy atom. The predicted octanol–water partition coefficient (Wildman–Crippen LogP) is 2.94. The number of ether oxygens (including phenoxy) is 1. The molecule has 0 fully saturated rings. The highest BCUT2D eigenvalue weighted by Gasteiger charge is 2.13. The summed E-state index contributed by atoms with van der Waals surface area (Å²) in [5.74, 6) is 0.929. The fraction of sp³-hybridized carbons (Fsp3) is 0.625. The topological polar surface area (TPSA) is 32.7 Å². The zero-order chi connectivity index (χ0) is 13.9. The number of aliphatic hydroxyl groups is 1. The lowest BCUT2D eigenvalue weighted by molar-refractivity contribution is 0.134. The molecule has 108 valence electrons. The number of benzene rings is 1. The van der Waals surface area contributed by atoms with Crippen molar-refractivity contribution in [2.45, 2.75) is 39.2 Å². The number of hydrogen-bond acceptors (Lipinski definition) is 3. The van der Waals surface area contributed by atoms with Gasteiger partial charge in [-0.2, -0.15) is 0 Å². The molecule has 0 aliphatic heterocycles. The van der Waals surface area contributed by atoms with Crippen LogP contribution in [0, 0.1) is 0 Å².